The summed E-state index contributed by atoms with van der Waals surface area (Å²) in [5.41, 5.74) is -5.36. The Hall–Kier alpha value is -2.07. The normalized spacial score (nSPS) is 27.4. The number of benzene rings is 1. The third-order valence-corrected chi connectivity index (χ3v) is 5.85. The molecule has 2 heterocycles. The molecule has 0 aliphatic carbocycles. The second kappa shape index (κ2) is 8.21. The topological polar surface area (TPSA) is 302 Å². The lowest BCUT2D eigenvalue weighted by Crippen LogP contribution is -2.82. The molecule has 3 rings (SSSR count). The number of ketones is 1. The Morgan fingerprint density at radius 1 is 0.889 bits per heavy atom. The van der Waals surface area contributed by atoms with Crippen LogP contribution >= 0.6 is 0 Å². The maximum atomic E-state index is 12.9. The summed E-state index contributed by atoms with van der Waals surface area (Å²) in [6.07, 6.45) is -9.46. The van der Waals surface area contributed by atoms with E-state index in [4.69, 9.17) is 15.3 Å². The molecule has 2 unspecified atom stereocenters. The second-order valence-electron chi connectivity index (χ2n) is 9.17. The summed E-state index contributed by atoms with van der Waals surface area (Å²) in [6.45, 7) is 3.17. The van der Waals surface area contributed by atoms with Crippen LogP contribution < -0.4 is 9.47 Å². The van der Waals surface area contributed by atoms with Gasteiger partial charge in [0.05, 0.1) is 12.3 Å². The maximum absolute atomic E-state index is 12.9. The van der Waals surface area contributed by atoms with Crippen molar-refractivity contribution < 1.29 is 80.7 Å². The van der Waals surface area contributed by atoms with Crippen molar-refractivity contribution in [3.63, 3.8) is 0 Å². The van der Waals surface area contributed by atoms with Gasteiger partial charge in [0.15, 0.2) is 17.2 Å². The molecule has 0 spiro atoms. The van der Waals surface area contributed by atoms with Crippen LogP contribution in [0.5, 0.6) is 11.5 Å². The molecule has 204 valence electrons. The third kappa shape index (κ3) is 4.55. The number of aliphatic hydroxyl groups is 13. The Morgan fingerprint density at radius 3 is 1.75 bits per heavy atom. The standard InChI is InChI=1S/C19H27NO16/c1-7(2)3-10-11(21)6-14(22)8-4-12(35-18(29,30)31)13(36-19(32,33)34)5-9(8)15(23,24)17(27,28)20(14)16(10,25)26/h4-5,7,10,22-34H,3,6H2,1-2H3. The number of ether oxygens (including phenoxy) is 2. The van der Waals surface area contributed by atoms with E-state index in [9.17, 15) is 55.9 Å². The van der Waals surface area contributed by atoms with Gasteiger partial charge in [0.25, 0.3) is 11.7 Å². The lowest BCUT2D eigenvalue weighted by atomic mass is 9.72. The SMILES string of the molecule is CC(C)CC1C(=O)CC2(O)c3cc(OC(O)(O)O)c(OC(O)(O)O)cc3C(O)(O)C(O)(O)N2C1(O)O. The number of hydrogen-bond acceptors (Lipinski definition) is 17. The highest BCUT2D eigenvalue weighted by Gasteiger charge is 2.74. The van der Waals surface area contributed by atoms with Crippen molar-refractivity contribution in [3.05, 3.63) is 23.3 Å². The highest BCUT2D eigenvalue weighted by Crippen LogP contribution is 2.57. The van der Waals surface area contributed by atoms with Gasteiger partial charge in [0.1, 0.15) is 5.78 Å². The molecule has 0 bridgehead atoms. The van der Waals surface area contributed by atoms with E-state index in [0.29, 0.717) is 6.07 Å². The molecular weight excluding hydrogens is 498 g/mol. The predicted molar refractivity (Wildman–Crippen MR) is 105 cm³/mol. The second-order valence-corrected chi connectivity index (χ2v) is 9.17. The van der Waals surface area contributed by atoms with E-state index < -0.39 is 76.4 Å². The number of rotatable bonds is 6. The van der Waals surface area contributed by atoms with Crippen molar-refractivity contribution in [1.82, 2.24) is 4.90 Å². The molecule has 0 radical (unpaired) electrons. The van der Waals surface area contributed by atoms with E-state index in [0.717, 1.165) is 0 Å². The van der Waals surface area contributed by atoms with Gasteiger partial charge >= 0.3 is 12.3 Å². The van der Waals surface area contributed by atoms with Crippen molar-refractivity contribution in [2.24, 2.45) is 11.8 Å². The number of Topliss-reactive ketones (excluding diaryl/α,β-unsaturated/α-hetero) is 1. The van der Waals surface area contributed by atoms with Crippen LogP contribution in [-0.4, -0.2) is 101 Å². The fourth-order valence-electron chi connectivity index (χ4n) is 4.52. The summed E-state index contributed by atoms with van der Waals surface area (Å²) in [5, 5.41) is 131. The zero-order chi connectivity index (χ0) is 27.9. The Labute approximate surface area is 201 Å². The molecule has 2 aliphatic heterocycles. The number of hydrogen-bond donors (Lipinski definition) is 13. The minimum absolute atomic E-state index is 0.255. The van der Waals surface area contributed by atoms with Crippen LogP contribution in [0.15, 0.2) is 12.1 Å². The van der Waals surface area contributed by atoms with E-state index in [1.807, 2.05) is 0 Å². The fourth-order valence-corrected chi connectivity index (χ4v) is 4.52. The molecule has 1 aromatic rings. The monoisotopic (exact) mass is 525 g/mol. The Morgan fingerprint density at radius 2 is 1.33 bits per heavy atom. The molecule has 0 amide bonds. The summed E-state index contributed by atoms with van der Waals surface area (Å²) in [6, 6.07) is 0.620. The largest absolute Gasteiger partial charge is 0.453 e. The van der Waals surface area contributed by atoms with Crippen LogP contribution in [0.4, 0.5) is 0 Å². The summed E-state index contributed by atoms with van der Waals surface area (Å²) in [7, 11) is 0. The fraction of sp³-hybridized carbons (Fsp3) is 0.632. The number of carbonyl (C=O) groups is 1. The Kier molecular flexibility index (Phi) is 6.50. The van der Waals surface area contributed by atoms with Gasteiger partial charge in [-0.15, -0.1) is 0 Å². The summed E-state index contributed by atoms with van der Waals surface area (Å²) < 4.78 is 8.58. The number of carbonyl (C=O) groups excluding carboxylic acids is 1. The van der Waals surface area contributed by atoms with Crippen molar-refractivity contribution >= 4 is 5.78 Å². The average molecular weight is 525 g/mol. The van der Waals surface area contributed by atoms with Crippen molar-refractivity contribution in [2.45, 2.75) is 62.3 Å². The van der Waals surface area contributed by atoms with Gasteiger partial charge in [0, 0.05) is 11.1 Å². The van der Waals surface area contributed by atoms with E-state index in [2.05, 4.69) is 9.47 Å². The molecule has 36 heavy (non-hydrogen) atoms. The van der Waals surface area contributed by atoms with Crippen molar-refractivity contribution in [3.8, 4) is 11.5 Å². The van der Waals surface area contributed by atoms with Crippen molar-refractivity contribution in [2.75, 3.05) is 0 Å². The third-order valence-electron chi connectivity index (χ3n) is 5.85. The number of fused-ring (bicyclic) bond motifs is 3. The number of piperidine rings is 1. The highest BCUT2D eigenvalue weighted by atomic mass is 16.9. The molecular formula is C19H27NO16. The van der Waals surface area contributed by atoms with Crippen LogP contribution in [0.25, 0.3) is 0 Å². The first-order valence-electron chi connectivity index (χ1n) is 10.3. The van der Waals surface area contributed by atoms with Gasteiger partial charge in [-0.2, -0.15) is 4.90 Å². The van der Waals surface area contributed by atoms with Crippen LogP contribution in [0, 0.1) is 11.8 Å². The molecule has 0 aromatic heterocycles. The minimum Gasteiger partial charge on any atom is -0.413 e. The van der Waals surface area contributed by atoms with Crippen LogP contribution in [0.1, 0.15) is 37.8 Å². The zero-order valence-corrected chi connectivity index (χ0v) is 18.7. The van der Waals surface area contributed by atoms with Crippen LogP contribution in [-0.2, 0) is 16.3 Å². The molecule has 13 N–H and O–H groups in total. The molecule has 17 heteroatoms. The van der Waals surface area contributed by atoms with Crippen LogP contribution in [0.2, 0.25) is 0 Å². The van der Waals surface area contributed by atoms with E-state index in [1.54, 1.807) is 13.8 Å². The molecule has 2 aliphatic rings. The minimum atomic E-state index is -4.18. The first-order valence-corrected chi connectivity index (χ1v) is 10.3. The smallest absolute Gasteiger partial charge is 0.413 e. The van der Waals surface area contributed by atoms with Gasteiger partial charge in [-0.05, 0) is 24.5 Å². The van der Waals surface area contributed by atoms with Crippen molar-refractivity contribution in [1.29, 1.82) is 0 Å². The quantitative estimate of drug-likeness (QED) is 0.154. The first-order chi connectivity index (χ1) is 15.9. The maximum Gasteiger partial charge on any atom is 0.453 e. The van der Waals surface area contributed by atoms with E-state index in [1.165, 1.54) is 0 Å². The summed E-state index contributed by atoms with van der Waals surface area (Å²) in [4.78, 5) is 12.5. The predicted octanol–water partition coefficient (Wildman–Crippen LogP) is -5.87. The lowest BCUT2D eigenvalue weighted by Gasteiger charge is -2.61. The zero-order valence-electron chi connectivity index (χ0n) is 18.7. The molecule has 17 nitrogen and oxygen atoms in total. The molecule has 1 saturated heterocycles. The summed E-state index contributed by atoms with van der Waals surface area (Å²) in [5.74, 6) is -17.4. The average Bonchev–Trinajstić information content (AvgIpc) is 2.61. The van der Waals surface area contributed by atoms with Gasteiger partial charge in [-0.25, -0.2) is 0 Å². The Bertz CT molecular complexity index is 1040. The molecule has 2 atom stereocenters. The molecule has 1 aromatic carbocycles. The van der Waals surface area contributed by atoms with E-state index in [-0.39, 0.29) is 23.3 Å². The first kappa shape index (κ1) is 28.5. The van der Waals surface area contributed by atoms with Gasteiger partial charge < -0.3 is 75.9 Å². The summed E-state index contributed by atoms with van der Waals surface area (Å²) >= 11 is 0. The Balaban J connectivity index is 2.36. The number of nitrogens with zero attached hydrogens (tertiary/aromatic N) is 1. The van der Waals surface area contributed by atoms with Gasteiger partial charge in [-0.1, -0.05) is 13.8 Å². The highest BCUT2D eigenvalue weighted by molar-refractivity contribution is 5.84. The lowest BCUT2D eigenvalue weighted by molar-refractivity contribution is -0.525. The van der Waals surface area contributed by atoms with Gasteiger partial charge in [0.2, 0.25) is 5.91 Å². The van der Waals surface area contributed by atoms with Gasteiger partial charge in [-0.3, -0.25) is 4.79 Å². The van der Waals surface area contributed by atoms with E-state index >= 15 is 0 Å². The van der Waals surface area contributed by atoms with Crippen LogP contribution in [0.3, 0.4) is 0 Å². The molecule has 0 saturated carbocycles. The molecule has 1 fully saturated rings.